The van der Waals surface area contributed by atoms with Gasteiger partial charge in [-0.15, -0.1) is 0 Å². The molecule has 147 valence electrons. The summed E-state index contributed by atoms with van der Waals surface area (Å²) in [4.78, 5) is 31.3. The van der Waals surface area contributed by atoms with Gasteiger partial charge in [0, 0.05) is 23.6 Å². The largest absolute Gasteiger partial charge is 0.826 e. The molecule has 0 N–H and O–H groups in total. The van der Waals surface area contributed by atoms with E-state index < -0.39 is 24.0 Å². The number of fused-ring (bicyclic) bond motifs is 2. The molecule has 1 unspecified atom stereocenters. The van der Waals surface area contributed by atoms with Crippen LogP contribution in [0.5, 0.6) is 0 Å². The Morgan fingerprint density at radius 3 is 1.97 bits per heavy atom. The number of rotatable bonds is 2. The van der Waals surface area contributed by atoms with Gasteiger partial charge in [-0.1, -0.05) is 66.7 Å². The summed E-state index contributed by atoms with van der Waals surface area (Å²) >= 11 is 0. The van der Waals surface area contributed by atoms with Gasteiger partial charge in [-0.3, -0.25) is 4.79 Å². The normalized spacial score (nSPS) is 23.7. The molecule has 4 aliphatic rings. The minimum Gasteiger partial charge on any atom is -0.826 e. The highest BCUT2D eigenvalue weighted by Crippen LogP contribution is 2.55. The molecule has 1 amide bonds. The highest BCUT2D eigenvalue weighted by Gasteiger charge is 2.48. The Morgan fingerprint density at radius 2 is 1.37 bits per heavy atom. The van der Waals surface area contributed by atoms with Crippen LogP contribution in [0.15, 0.2) is 72.8 Å². The topological polar surface area (TPSA) is 69.7 Å². The molecule has 7 rings (SSSR count). The van der Waals surface area contributed by atoms with Gasteiger partial charge >= 0.3 is 5.97 Å². The summed E-state index contributed by atoms with van der Waals surface area (Å²) < 4.78 is 0. The van der Waals surface area contributed by atoms with Crippen LogP contribution in [0.4, 0.5) is 0 Å². The van der Waals surface area contributed by atoms with Crippen molar-refractivity contribution in [3.05, 3.63) is 112 Å². The predicted molar refractivity (Wildman–Crippen MR) is 106 cm³/mol. The lowest BCUT2D eigenvalue weighted by Crippen LogP contribution is -2.43. The van der Waals surface area contributed by atoms with Crippen LogP contribution in [0, 0.1) is 12.1 Å². The van der Waals surface area contributed by atoms with Gasteiger partial charge in [0.15, 0.2) is 0 Å². The lowest BCUT2D eigenvalue weighted by atomic mass is 9.59. The van der Waals surface area contributed by atoms with Crippen LogP contribution in [-0.4, -0.2) is 16.9 Å². The third kappa shape index (κ3) is 2.27. The van der Waals surface area contributed by atoms with E-state index in [1.165, 1.54) is 11.1 Å². The summed E-state index contributed by atoms with van der Waals surface area (Å²) in [6.07, 6.45) is 0.00599. The van der Waals surface area contributed by atoms with E-state index >= 15 is 0 Å². The third-order valence-corrected chi connectivity index (χ3v) is 6.55. The average molecular weight is 395 g/mol. The van der Waals surface area contributed by atoms with E-state index in [1.807, 2.05) is 24.3 Å². The van der Waals surface area contributed by atoms with E-state index in [-0.39, 0.29) is 23.0 Å². The lowest BCUT2D eigenvalue weighted by Gasteiger charge is -2.44. The zero-order chi connectivity index (χ0) is 20.4. The van der Waals surface area contributed by atoms with E-state index in [0.717, 1.165) is 11.1 Å². The summed E-state index contributed by atoms with van der Waals surface area (Å²) in [6.45, 7) is 0. The van der Waals surface area contributed by atoms with Gasteiger partial charge in [0.05, 0.1) is 5.92 Å². The molecule has 0 fully saturated rings. The second kappa shape index (κ2) is 6.28. The Balaban J connectivity index is 1.35. The van der Waals surface area contributed by atoms with Crippen molar-refractivity contribution in [3.63, 3.8) is 0 Å². The second-order valence-corrected chi connectivity index (χ2v) is 7.99. The smallest absolute Gasteiger partial charge is 0.336 e. The standard InChI is InChI=1S/C25H17NO4/c27-23-18-11-5-6-12-19(18)24(28)26(23)30-25(29)21-13-20-14-7-1-3-9-16(14)22(21)17-10-4-2-8-15(17)20/h1-12,20-22H,13H2/q-1. The molecule has 5 nitrogen and oxygen atoms in total. The van der Waals surface area contributed by atoms with Gasteiger partial charge in [-0.25, -0.2) is 4.79 Å². The van der Waals surface area contributed by atoms with Crippen molar-refractivity contribution >= 4 is 11.9 Å². The number of hydrogen-bond acceptors (Lipinski definition) is 4. The fraction of sp³-hybridized carbons (Fsp3) is 0.160. The van der Waals surface area contributed by atoms with Gasteiger partial charge in [0.25, 0.3) is 5.91 Å². The van der Waals surface area contributed by atoms with Crippen LogP contribution in [0.2, 0.25) is 0 Å². The fourth-order valence-corrected chi connectivity index (χ4v) is 5.28. The van der Waals surface area contributed by atoms with Crippen LogP contribution in [-0.2, 0) is 9.63 Å². The Morgan fingerprint density at radius 1 is 0.833 bits per heavy atom. The molecule has 5 heteroatoms. The molecule has 3 aromatic carbocycles. The second-order valence-electron chi connectivity index (χ2n) is 7.99. The van der Waals surface area contributed by atoms with Gasteiger partial charge < -0.3 is 9.94 Å². The minimum atomic E-state index is -0.592. The molecule has 3 aliphatic carbocycles. The third-order valence-electron chi connectivity index (χ3n) is 6.55. The van der Waals surface area contributed by atoms with Crippen molar-refractivity contribution in [2.75, 3.05) is 0 Å². The highest BCUT2D eigenvalue weighted by atomic mass is 16.7. The Labute approximate surface area is 173 Å². The monoisotopic (exact) mass is 395 g/mol. The Kier molecular flexibility index (Phi) is 3.65. The van der Waals surface area contributed by atoms with Crippen molar-refractivity contribution in [1.29, 1.82) is 0 Å². The molecule has 3 aromatic rings. The molecule has 0 aromatic heterocycles. The molecule has 1 aliphatic heterocycles. The zero-order valence-corrected chi connectivity index (χ0v) is 15.9. The number of amides is 1. The van der Waals surface area contributed by atoms with Crippen molar-refractivity contribution in [1.82, 2.24) is 5.06 Å². The summed E-state index contributed by atoms with van der Waals surface area (Å²) in [5, 5.41) is 13.2. The van der Waals surface area contributed by atoms with Gasteiger partial charge in [-0.05, 0) is 40.3 Å². The van der Waals surface area contributed by atoms with Crippen LogP contribution in [0.25, 0.3) is 0 Å². The van der Waals surface area contributed by atoms with Gasteiger partial charge in [0.1, 0.15) is 0 Å². The summed E-state index contributed by atoms with van der Waals surface area (Å²) in [5.74, 6) is -1.63. The average Bonchev–Trinajstić information content (AvgIpc) is 3.04. The van der Waals surface area contributed by atoms with Gasteiger partial charge in [0.2, 0.25) is 0 Å². The highest BCUT2D eigenvalue weighted by molar-refractivity contribution is 6.00. The van der Waals surface area contributed by atoms with Crippen molar-refractivity contribution in [2.45, 2.75) is 18.3 Å². The quantitative estimate of drug-likeness (QED) is 0.669. The molecule has 2 bridgehead atoms. The number of carbonyl (C=O) groups excluding carboxylic acids is 2. The zero-order valence-electron chi connectivity index (χ0n) is 15.9. The molecule has 30 heavy (non-hydrogen) atoms. The summed E-state index contributed by atoms with van der Waals surface area (Å²) in [5.41, 5.74) is 5.25. The molecule has 1 atom stereocenters. The lowest BCUT2D eigenvalue weighted by molar-refractivity contribution is -0.395. The van der Waals surface area contributed by atoms with Crippen LogP contribution in [0.1, 0.15) is 56.4 Å². The summed E-state index contributed by atoms with van der Waals surface area (Å²) in [7, 11) is 0. The number of hydrogen-bond donors (Lipinski definition) is 0. The maximum absolute atomic E-state index is 13.2. The summed E-state index contributed by atoms with van der Waals surface area (Å²) in [6, 6.07) is 22.9. The molecule has 0 saturated heterocycles. The minimum absolute atomic E-state index is 0.0992. The van der Waals surface area contributed by atoms with Crippen LogP contribution < -0.4 is 5.11 Å². The first-order valence-electron chi connectivity index (χ1n) is 10.0. The van der Waals surface area contributed by atoms with E-state index in [0.29, 0.717) is 11.5 Å². The van der Waals surface area contributed by atoms with Gasteiger partial charge in [-0.2, -0.15) is 5.06 Å². The van der Waals surface area contributed by atoms with Crippen LogP contribution in [0.3, 0.4) is 0 Å². The fourth-order valence-electron chi connectivity index (χ4n) is 5.28. The van der Waals surface area contributed by atoms with Crippen molar-refractivity contribution in [3.8, 4) is 0 Å². The molecular formula is C25H17NO4-. The first kappa shape index (κ1) is 17.4. The van der Waals surface area contributed by atoms with Crippen LogP contribution >= 0.6 is 0 Å². The van der Waals surface area contributed by atoms with E-state index in [9.17, 15) is 14.7 Å². The van der Waals surface area contributed by atoms with Crippen molar-refractivity contribution in [2.24, 2.45) is 5.92 Å². The molecule has 1 heterocycles. The first-order chi connectivity index (χ1) is 14.6. The van der Waals surface area contributed by atoms with Crippen molar-refractivity contribution < 1.29 is 19.5 Å². The number of benzene rings is 3. The number of hydroxylamine groups is 2. The van der Waals surface area contributed by atoms with E-state index in [4.69, 9.17) is 4.84 Å². The number of nitrogens with zero attached hydrogens (tertiary/aromatic N) is 1. The SMILES string of the molecule is O=C(ON1[C]([O-])c2ccccc2C1=O)C1CC2c3ccccc3C1c1ccccc12. The number of carbonyl (C=O) groups is 2. The van der Waals surface area contributed by atoms with E-state index in [1.54, 1.807) is 24.3 Å². The maximum Gasteiger partial charge on any atom is 0.336 e. The Bertz CT molecular complexity index is 1160. The van der Waals surface area contributed by atoms with E-state index in [2.05, 4.69) is 24.3 Å². The maximum atomic E-state index is 13.2. The first-order valence-corrected chi connectivity index (χ1v) is 10.0. The Hall–Kier alpha value is -3.44. The molecule has 0 spiro atoms. The molecule has 1 radical (unpaired) electrons. The molecule has 0 saturated carbocycles. The molecular weight excluding hydrogens is 378 g/mol. The predicted octanol–water partition coefficient (Wildman–Crippen LogP) is 3.10.